The van der Waals surface area contributed by atoms with Gasteiger partial charge >= 0.3 is 119 Å². The van der Waals surface area contributed by atoms with Crippen LogP contribution in [0, 0.1) is 0 Å². The predicted molar refractivity (Wildman–Crippen MR) is 70.4 cm³/mol. The van der Waals surface area contributed by atoms with E-state index >= 15 is 0 Å². The van der Waals surface area contributed by atoms with Crippen LogP contribution in [0.3, 0.4) is 0 Å². The second-order valence-corrected chi connectivity index (χ2v) is 7.00. The van der Waals surface area contributed by atoms with Gasteiger partial charge in [-0.25, -0.2) is 0 Å². The molecule has 1 aliphatic rings. The maximum atomic E-state index is 9.75. The summed E-state index contributed by atoms with van der Waals surface area (Å²) in [6, 6.07) is 0. The SMILES string of the molecule is C[CH]([K])OC1CCCCO1.F[B-](F)(F)F.F[B-](F)(F)F.F[B-](F)(F)F. The molecule has 0 aromatic carbocycles. The third-order valence-corrected chi connectivity index (χ3v) is 1.99. The van der Waals surface area contributed by atoms with Crippen LogP contribution in [-0.4, -0.2) is 83.8 Å². The van der Waals surface area contributed by atoms with Crippen LogP contribution in [0.2, 0.25) is 0 Å². The van der Waals surface area contributed by atoms with E-state index in [2.05, 4.69) is 6.92 Å². The Morgan fingerprint density at radius 1 is 0.800 bits per heavy atom. The van der Waals surface area contributed by atoms with Gasteiger partial charge in [0, 0.05) is 0 Å². The summed E-state index contributed by atoms with van der Waals surface area (Å²) >= 11 is 0.772. The Labute approximate surface area is 170 Å². The van der Waals surface area contributed by atoms with Crippen LogP contribution in [-0.2, 0) is 9.47 Å². The van der Waals surface area contributed by atoms with E-state index < -0.39 is 21.8 Å². The van der Waals surface area contributed by atoms with Crippen molar-refractivity contribution in [2.75, 3.05) is 6.61 Å². The van der Waals surface area contributed by atoms with Crippen molar-refractivity contribution in [3.63, 3.8) is 0 Å². The fraction of sp³-hybridized carbons (Fsp3) is 1.00. The van der Waals surface area contributed by atoms with Gasteiger partial charge < -0.3 is 51.8 Å². The van der Waals surface area contributed by atoms with Crippen molar-refractivity contribution in [3.8, 4) is 0 Å². The van der Waals surface area contributed by atoms with Crippen LogP contribution in [0.25, 0.3) is 0 Å². The van der Waals surface area contributed by atoms with Crippen LogP contribution in [0.4, 0.5) is 51.8 Å². The first kappa shape index (κ1) is 30.6. The van der Waals surface area contributed by atoms with Gasteiger partial charge in [-0.15, -0.1) is 0 Å². The van der Waals surface area contributed by atoms with E-state index in [9.17, 15) is 51.8 Å². The fourth-order valence-electron chi connectivity index (χ4n) is 1.12. The average Bonchev–Trinajstić information content (AvgIpc) is 2.21. The summed E-state index contributed by atoms with van der Waals surface area (Å²) in [5.74, 6) is 0. The zero-order valence-electron chi connectivity index (χ0n) is 13.1. The second-order valence-electron chi connectivity index (χ2n) is 4.47. The molecule has 1 aliphatic heterocycles. The van der Waals surface area contributed by atoms with Crippen LogP contribution in [0.5, 0.6) is 0 Å². The Morgan fingerprint density at radius 2 is 1.12 bits per heavy atom. The third kappa shape index (κ3) is 78.4. The predicted octanol–water partition coefficient (Wildman–Crippen LogP) is 4.94. The number of ether oxygens (including phenoxy) is 2. The molecule has 0 saturated carbocycles. The van der Waals surface area contributed by atoms with Gasteiger partial charge in [0.25, 0.3) is 0 Å². The Hall–Kier alpha value is 0.911. The van der Waals surface area contributed by atoms with Crippen LogP contribution in [0.1, 0.15) is 26.2 Å². The molecule has 0 radical (unpaired) electrons. The van der Waals surface area contributed by atoms with Crippen molar-refractivity contribution >= 4 is 70.7 Å². The van der Waals surface area contributed by atoms with Gasteiger partial charge in [0.2, 0.25) is 0 Å². The molecule has 0 amide bonds. The number of rotatable bonds is 2. The van der Waals surface area contributed by atoms with Crippen molar-refractivity contribution in [3.05, 3.63) is 0 Å². The molecular weight excluding hydrogens is 416 g/mol. The van der Waals surface area contributed by atoms with Crippen molar-refractivity contribution in [2.45, 2.75) is 32.7 Å². The molecule has 0 bridgehead atoms. The van der Waals surface area contributed by atoms with E-state index in [0.29, 0.717) is 0.199 Å². The molecule has 0 N–H and O–H groups in total. The van der Waals surface area contributed by atoms with Gasteiger partial charge in [0.15, 0.2) is 0 Å². The molecule has 25 heavy (non-hydrogen) atoms. The summed E-state index contributed by atoms with van der Waals surface area (Å²) in [7, 11) is -18.0. The molecule has 0 aromatic heterocycles. The maximum Gasteiger partial charge on any atom is 0.673 e. The summed E-state index contributed by atoms with van der Waals surface area (Å²) in [5, 5.41) is 0. The van der Waals surface area contributed by atoms with Crippen LogP contribution >= 0.6 is 0 Å². The van der Waals surface area contributed by atoms with Gasteiger partial charge in [0.05, 0.1) is 0 Å². The molecule has 2 nitrogen and oxygen atoms in total. The summed E-state index contributed by atoms with van der Waals surface area (Å²) in [4.78, 5) is 0. The van der Waals surface area contributed by atoms with E-state index in [-0.39, 0.29) is 6.29 Å². The molecule has 2 atom stereocenters. The molecule has 0 aromatic rings. The Balaban J connectivity index is -0.000000279. The molecule has 1 rings (SSSR count). The molecule has 0 aliphatic carbocycles. The van der Waals surface area contributed by atoms with Gasteiger partial charge in [-0.1, -0.05) is 0 Å². The normalized spacial score (nSPS) is 19.2. The van der Waals surface area contributed by atoms with Gasteiger partial charge in [-0.05, 0) is 0 Å². The topological polar surface area (TPSA) is 18.5 Å². The molecule has 1 saturated heterocycles. The quantitative estimate of drug-likeness (QED) is 0.458. The van der Waals surface area contributed by atoms with Crippen molar-refractivity contribution in [2.24, 2.45) is 0 Å². The number of hydrogen-bond acceptors (Lipinski definition) is 2. The summed E-state index contributed by atoms with van der Waals surface area (Å²) < 4.78 is 128. The first-order valence-electron chi connectivity index (χ1n) is 6.68. The standard InChI is InChI=1S/C7H13O2.3BF4.K/c1-2-8-7-5-3-4-6-9-7;3*2-1(3,4)5;/h2,7H,3-6H2,1H3;;;;/q;3*-1;. The summed E-state index contributed by atoms with van der Waals surface area (Å²) in [6.45, 7) is 3.02. The second kappa shape index (κ2) is 14.9. The molecule has 2 unspecified atom stereocenters. The first-order valence-corrected chi connectivity index (χ1v) is 8.48. The third-order valence-electron chi connectivity index (χ3n) is 1.56. The summed E-state index contributed by atoms with van der Waals surface area (Å²) in [6.07, 6.45) is 3.70. The first-order chi connectivity index (χ1) is 10.8. The van der Waals surface area contributed by atoms with Gasteiger partial charge in [-0.2, -0.15) is 0 Å². The fourth-order valence-corrected chi connectivity index (χ4v) is 1.60. The molecule has 1 fully saturated rings. The minimum absolute atomic E-state index is 0.124. The Bertz CT molecular complexity index is 258. The zero-order valence-corrected chi connectivity index (χ0v) is 16.2. The zero-order chi connectivity index (χ0) is 20.9. The van der Waals surface area contributed by atoms with Crippen LogP contribution in [0.15, 0.2) is 0 Å². The van der Waals surface area contributed by atoms with Crippen molar-refractivity contribution < 1.29 is 61.3 Å². The Morgan fingerprint density at radius 3 is 1.32 bits per heavy atom. The molecule has 18 heteroatoms. The van der Waals surface area contributed by atoms with E-state index in [0.717, 1.165) is 62.0 Å². The molecule has 0 spiro atoms. The monoisotopic (exact) mass is 429 g/mol. The Kier molecular flexibility index (Phi) is 18.3. The van der Waals surface area contributed by atoms with E-state index in [4.69, 9.17) is 9.47 Å². The minimum Gasteiger partial charge on any atom is -0.418 e. The number of hydrogen-bond donors (Lipinski definition) is 0. The average molecular weight is 429 g/mol. The summed E-state index contributed by atoms with van der Waals surface area (Å²) in [5.41, 5.74) is 0. The largest absolute Gasteiger partial charge is 0.673 e. The molecule has 150 valence electrons. The van der Waals surface area contributed by atoms with E-state index in [1.165, 1.54) is 12.8 Å². The van der Waals surface area contributed by atoms with Crippen LogP contribution < -0.4 is 0 Å². The molecular formula is C7H13B3F12KO2-3. The van der Waals surface area contributed by atoms with Crippen molar-refractivity contribution in [1.29, 1.82) is 0 Å². The van der Waals surface area contributed by atoms with E-state index in [1.54, 1.807) is 0 Å². The van der Waals surface area contributed by atoms with Gasteiger partial charge in [-0.3, -0.25) is 0 Å². The molecule has 1 heterocycles. The van der Waals surface area contributed by atoms with E-state index in [1.807, 2.05) is 0 Å². The minimum atomic E-state index is -6.00. The smallest absolute Gasteiger partial charge is 0.418 e. The maximum absolute atomic E-state index is 9.75. The van der Waals surface area contributed by atoms with Crippen molar-refractivity contribution in [1.82, 2.24) is 0 Å². The number of halogens is 12. The van der Waals surface area contributed by atoms with Gasteiger partial charge in [0.1, 0.15) is 0 Å².